The van der Waals surface area contributed by atoms with Crippen LogP contribution in [0.15, 0.2) is 41.3 Å². The van der Waals surface area contributed by atoms with Crippen LogP contribution in [0.4, 0.5) is 5.69 Å². The lowest BCUT2D eigenvalue weighted by Gasteiger charge is -2.21. The highest BCUT2D eigenvalue weighted by molar-refractivity contribution is 7.92. The second kappa shape index (κ2) is 6.83. The molecule has 0 amide bonds. The first-order valence-electron chi connectivity index (χ1n) is 8.70. The fourth-order valence-electron chi connectivity index (χ4n) is 2.79. The topological polar surface area (TPSA) is 64.6 Å². The standard InChI is InChI=1S/C20H25NO4S/c1-14-6-7-15(20(2,3)4)12-19(14)26(22,23)21-16-8-9-17-18(13-16)25-11-5-10-24-17/h6-9,12-13,21H,5,10-11H2,1-4H3. The van der Waals surface area contributed by atoms with Gasteiger partial charge < -0.3 is 9.47 Å². The molecule has 2 aromatic rings. The molecule has 0 unspecified atom stereocenters. The summed E-state index contributed by atoms with van der Waals surface area (Å²) in [5, 5.41) is 0. The van der Waals surface area contributed by atoms with E-state index in [1.807, 2.05) is 12.1 Å². The third-order valence-corrected chi connectivity index (χ3v) is 5.87. The van der Waals surface area contributed by atoms with Crippen LogP contribution in [0.5, 0.6) is 11.5 Å². The van der Waals surface area contributed by atoms with E-state index in [4.69, 9.17) is 9.47 Å². The predicted molar refractivity (Wildman–Crippen MR) is 103 cm³/mol. The highest BCUT2D eigenvalue weighted by atomic mass is 32.2. The SMILES string of the molecule is Cc1ccc(C(C)(C)C)cc1S(=O)(=O)Nc1ccc2c(c1)OCCCO2. The highest BCUT2D eigenvalue weighted by Crippen LogP contribution is 2.33. The van der Waals surface area contributed by atoms with Crippen molar-refractivity contribution in [2.24, 2.45) is 0 Å². The average Bonchev–Trinajstić information content (AvgIpc) is 2.78. The van der Waals surface area contributed by atoms with Crippen molar-refractivity contribution < 1.29 is 17.9 Å². The van der Waals surface area contributed by atoms with Crippen LogP contribution in [0.3, 0.4) is 0 Å². The number of hydrogen-bond donors (Lipinski definition) is 1. The van der Waals surface area contributed by atoms with E-state index in [9.17, 15) is 8.42 Å². The minimum absolute atomic E-state index is 0.132. The van der Waals surface area contributed by atoms with Crippen LogP contribution in [0.1, 0.15) is 38.3 Å². The monoisotopic (exact) mass is 375 g/mol. The summed E-state index contributed by atoms with van der Waals surface area (Å²) >= 11 is 0. The second-order valence-electron chi connectivity index (χ2n) is 7.55. The van der Waals surface area contributed by atoms with Crippen LogP contribution in [-0.2, 0) is 15.4 Å². The molecule has 0 saturated carbocycles. The number of anilines is 1. The molecule has 1 heterocycles. The summed E-state index contributed by atoms with van der Waals surface area (Å²) in [4.78, 5) is 0.289. The molecular formula is C20H25NO4S. The first kappa shape index (κ1) is 18.6. The Bertz CT molecular complexity index is 914. The first-order chi connectivity index (χ1) is 12.2. The molecule has 140 valence electrons. The van der Waals surface area contributed by atoms with E-state index in [2.05, 4.69) is 25.5 Å². The molecule has 0 fully saturated rings. The molecule has 1 aliphatic rings. The smallest absolute Gasteiger partial charge is 0.262 e. The Morgan fingerprint density at radius 1 is 0.962 bits per heavy atom. The van der Waals surface area contributed by atoms with Gasteiger partial charge in [0.25, 0.3) is 10.0 Å². The van der Waals surface area contributed by atoms with Crippen molar-refractivity contribution in [2.45, 2.75) is 44.4 Å². The van der Waals surface area contributed by atoms with Gasteiger partial charge in [-0.25, -0.2) is 8.42 Å². The number of nitrogens with one attached hydrogen (secondary N) is 1. The first-order valence-corrected chi connectivity index (χ1v) is 10.2. The Kier molecular flexibility index (Phi) is 4.88. The van der Waals surface area contributed by atoms with E-state index >= 15 is 0 Å². The number of sulfonamides is 1. The number of ether oxygens (including phenoxy) is 2. The van der Waals surface area contributed by atoms with Gasteiger partial charge in [0, 0.05) is 12.5 Å². The molecule has 0 radical (unpaired) electrons. The number of hydrogen-bond acceptors (Lipinski definition) is 4. The molecule has 0 spiro atoms. The maximum atomic E-state index is 13.0. The van der Waals surface area contributed by atoms with Crippen molar-refractivity contribution in [1.82, 2.24) is 0 Å². The van der Waals surface area contributed by atoms with Gasteiger partial charge in [0.05, 0.1) is 23.8 Å². The number of rotatable bonds is 3. The fraction of sp³-hybridized carbons (Fsp3) is 0.400. The summed E-state index contributed by atoms with van der Waals surface area (Å²) in [6.45, 7) is 9.13. The van der Waals surface area contributed by atoms with E-state index in [1.165, 1.54) is 0 Å². The van der Waals surface area contributed by atoms with Crippen molar-refractivity contribution in [2.75, 3.05) is 17.9 Å². The van der Waals surface area contributed by atoms with Gasteiger partial charge in [-0.3, -0.25) is 4.72 Å². The Morgan fingerprint density at radius 2 is 1.65 bits per heavy atom. The second-order valence-corrected chi connectivity index (χ2v) is 9.20. The zero-order valence-corrected chi connectivity index (χ0v) is 16.4. The van der Waals surface area contributed by atoms with Crippen molar-refractivity contribution in [3.8, 4) is 11.5 Å². The Hall–Kier alpha value is -2.21. The molecule has 5 nitrogen and oxygen atoms in total. The van der Waals surface area contributed by atoms with Crippen LogP contribution >= 0.6 is 0 Å². The molecule has 6 heteroatoms. The summed E-state index contributed by atoms with van der Waals surface area (Å²) in [5.41, 5.74) is 2.00. The van der Waals surface area contributed by atoms with E-state index in [-0.39, 0.29) is 10.3 Å². The zero-order valence-electron chi connectivity index (χ0n) is 15.6. The predicted octanol–water partition coefficient (Wildman–Crippen LogP) is 4.25. The number of aryl methyl sites for hydroxylation is 1. The Labute approximate surface area is 155 Å². The summed E-state index contributed by atoms with van der Waals surface area (Å²) < 4.78 is 39.8. The summed E-state index contributed by atoms with van der Waals surface area (Å²) in [5.74, 6) is 1.19. The maximum Gasteiger partial charge on any atom is 0.262 e. The molecule has 0 saturated heterocycles. The Morgan fingerprint density at radius 3 is 2.35 bits per heavy atom. The van der Waals surface area contributed by atoms with E-state index in [0.29, 0.717) is 36.0 Å². The molecule has 1 aliphatic heterocycles. The summed E-state index contributed by atoms with van der Waals surface area (Å²) in [6.07, 6.45) is 0.800. The molecule has 0 aromatic heterocycles. The van der Waals surface area contributed by atoms with Gasteiger partial charge in [-0.1, -0.05) is 32.9 Å². The van der Waals surface area contributed by atoms with E-state index in [1.54, 1.807) is 31.2 Å². The molecule has 0 atom stereocenters. The van der Waals surface area contributed by atoms with Crippen LogP contribution in [-0.4, -0.2) is 21.6 Å². The highest BCUT2D eigenvalue weighted by Gasteiger charge is 2.22. The lowest BCUT2D eigenvalue weighted by molar-refractivity contribution is 0.297. The van der Waals surface area contributed by atoms with E-state index < -0.39 is 10.0 Å². The Balaban J connectivity index is 1.94. The average molecular weight is 375 g/mol. The van der Waals surface area contributed by atoms with Crippen molar-refractivity contribution >= 4 is 15.7 Å². The van der Waals surface area contributed by atoms with Crippen molar-refractivity contribution in [3.63, 3.8) is 0 Å². The third-order valence-electron chi connectivity index (χ3n) is 4.34. The minimum Gasteiger partial charge on any atom is -0.490 e. The van der Waals surface area contributed by atoms with Gasteiger partial charge in [0.15, 0.2) is 11.5 Å². The summed E-state index contributed by atoms with van der Waals surface area (Å²) in [6, 6.07) is 10.7. The molecule has 0 aliphatic carbocycles. The normalized spacial score (nSPS) is 14.6. The maximum absolute atomic E-state index is 13.0. The number of benzene rings is 2. The molecule has 0 bridgehead atoms. The molecule has 26 heavy (non-hydrogen) atoms. The van der Waals surface area contributed by atoms with Crippen molar-refractivity contribution in [3.05, 3.63) is 47.5 Å². The minimum atomic E-state index is -3.71. The van der Waals surface area contributed by atoms with Gasteiger partial charge in [0.2, 0.25) is 0 Å². The van der Waals surface area contributed by atoms with Crippen molar-refractivity contribution in [1.29, 1.82) is 0 Å². The number of fused-ring (bicyclic) bond motifs is 1. The molecular weight excluding hydrogens is 350 g/mol. The molecule has 3 rings (SSSR count). The van der Waals surface area contributed by atoms with Crippen LogP contribution in [0.2, 0.25) is 0 Å². The quantitative estimate of drug-likeness (QED) is 0.871. The van der Waals surface area contributed by atoms with Gasteiger partial charge in [-0.05, 0) is 41.7 Å². The summed E-state index contributed by atoms with van der Waals surface area (Å²) in [7, 11) is -3.71. The fourth-order valence-corrected chi connectivity index (χ4v) is 4.11. The van der Waals surface area contributed by atoms with Gasteiger partial charge in [-0.2, -0.15) is 0 Å². The van der Waals surface area contributed by atoms with Crippen LogP contribution < -0.4 is 14.2 Å². The van der Waals surface area contributed by atoms with Crippen LogP contribution in [0.25, 0.3) is 0 Å². The molecule has 1 N–H and O–H groups in total. The zero-order chi connectivity index (χ0) is 18.9. The largest absolute Gasteiger partial charge is 0.490 e. The van der Waals surface area contributed by atoms with Gasteiger partial charge >= 0.3 is 0 Å². The van der Waals surface area contributed by atoms with Gasteiger partial charge in [-0.15, -0.1) is 0 Å². The van der Waals surface area contributed by atoms with Crippen LogP contribution in [0, 0.1) is 6.92 Å². The van der Waals surface area contributed by atoms with E-state index in [0.717, 1.165) is 12.0 Å². The van der Waals surface area contributed by atoms with Gasteiger partial charge in [0.1, 0.15) is 0 Å². The lowest BCUT2D eigenvalue weighted by atomic mass is 9.87. The third kappa shape index (κ3) is 3.96. The lowest BCUT2D eigenvalue weighted by Crippen LogP contribution is -2.17. The molecule has 2 aromatic carbocycles.